The van der Waals surface area contributed by atoms with E-state index in [-0.39, 0.29) is 35.7 Å². The van der Waals surface area contributed by atoms with Crippen molar-refractivity contribution in [3.8, 4) is 0 Å². The maximum Gasteiger partial charge on any atom is 0.338 e. The lowest BCUT2D eigenvalue weighted by Gasteiger charge is -2.38. The highest BCUT2D eigenvalue weighted by Gasteiger charge is 2.43. The summed E-state index contributed by atoms with van der Waals surface area (Å²) in [7, 11) is 0. The Bertz CT molecular complexity index is 1400. The number of piperazine rings is 1. The zero-order chi connectivity index (χ0) is 29.3. The van der Waals surface area contributed by atoms with Crippen molar-refractivity contribution in [2.24, 2.45) is 4.99 Å². The molecule has 0 saturated carbocycles. The zero-order valence-electron chi connectivity index (χ0n) is 22.5. The van der Waals surface area contributed by atoms with E-state index in [4.69, 9.17) is 21.3 Å². The molecule has 0 spiro atoms. The van der Waals surface area contributed by atoms with Crippen molar-refractivity contribution in [3.63, 3.8) is 0 Å². The molecule has 14 heteroatoms. The van der Waals surface area contributed by atoms with Crippen LogP contribution in [0.25, 0.3) is 0 Å². The van der Waals surface area contributed by atoms with E-state index in [1.165, 1.54) is 23.5 Å². The minimum absolute atomic E-state index is 0.126. The van der Waals surface area contributed by atoms with Gasteiger partial charge < -0.3 is 25.0 Å². The second-order valence-electron chi connectivity index (χ2n) is 10.1. The van der Waals surface area contributed by atoms with Crippen molar-refractivity contribution < 1.29 is 28.6 Å². The van der Waals surface area contributed by atoms with Crippen LogP contribution in [0, 0.1) is 5.82 Å². The third kappa shape index (κ3) is 5.92. The number of carboxylic acid groups (broad SMARTS) is 1. The lowest BCUT2D eigenvalue weighted by molar-refractivity contribution is -0.139. The molecule has 41 heavy (non-hydrogen) atoms. The second-order valence-corrected chi connectivity index (χ2v) is 11.3. The molecule has 3 unspecified atom stereocenters. The predicted octanol–water partition coefficient (Wildman–Crippen LogP) is 3.13. The van der Waals surface area contributed by atoms with Crippen molar-refractivity contribution in [2.45, 2.75) is 38.4 Å². The van der Waals surface area contributed by atoms with Crippen LogP contribution in [-0.4, -0.2) is 100 Å². The molecule has 3 aliphatic heterocycles. The number of ether oxygens (including phenoxy) is 1. The number of amidine groups is 1. The summed E-state index contributed by atoms with van der Waals surface area (Å²) in [6.45, 7) is 5.78. The van der Waals surface area contributed by atoms with Gasteiger partial charge in [-0.15, -0.1) is 11.3 Å². The summed E-state index contributed by atoms with van der Waals surface area (Å²) in [5.41, 5.74) is 1.08. The number of aliphatic imine (C=N–C) groups is 1. The van der Waals surface area contributed by atoms with Crippen molar-refractivity contribution in [1.29, 1.82) is 0 Å². The number of hydrogen-bond donors (Lipinski definition) is 2. The van der Waals surface area contributed by atoms with E-state index in [1.807, 2.05) is 0 Å². The molecule has 1 aromatic heterocycles. The first-order valence-corrected chi connectivity index (χ1v) is 14.5. The van der Waals surface area contributed by atoms with E-state index < -0.39 is 29.8 Å². The summed E-state index contributed by atoms with van der Waals surface area (Å²) in [6.07, 6.45) is 1.52. The van der Waals surface area contributed by atoms with Crippen LogP contribution in [0.5, 0.6) is 0 Å². The molecule has 0 radical (unpaired) electrons. The summed E-state index contributed by atoms with van der Waals surface area (Å²) in [4.78, 5) is 52.2. The number of carbonyl (C=O) groups excluding carboxylic acids is 2. The van der Waals surface area contributed by atoms with Crippen LogP contribution in [0.1, 0.15) is 36.9 Å². The molecular weight excluding hydrogens is 575 g/mol. The van der Waals surface area contributed by atoms with E-state index in [0.717, 1.165) is 0 Å². The number of amides is 2. The number of aromatic nitrogens is 1. The Hall–Kier alpha value is -3.55. The number of esters is 1. The van der Waals surface area contributed by atoms with Crippen LogP contribution >= 0.6 is 22.9 Å². The largest absolute Gasteiger partial charge is 0.481 e. The van der Waals surface area contributed by atoms with E-state index in [2.05, 4.69) is 15.2 Å². The Morgan fingerprint density at radius 1 is 1.32 bits per heavy atom. The monoisotopic (exact) mass is 604 g/mol. The average Bonchev–Trinajstić information content (AvgIpc) is 3.58. The minimum Gasteiger partial charge on any atom is -0.481 e. The quantitative estimate of drug-likeness (QED) is 0.418. The second kappa shape index (κ2) is 12.1. The molecule has 2 saturated heterocycles. The topological polar surface area (TPSA) is 128 Å². The van der Waals surface area contributed by atoms with E-state index >= 15 is 0 Å². The van der Waals surface area contributed by atoms with Crippen LogP contribution < -0.4 is 5.32 Å². The summed E-state index contributed by atoms with van der Waals surface area (Å²) >= 11 is 7.76. The summed E-state index contributed by atoms with van der Waals surface area (Å²) in [5, 5.41) is 14.8. The highest BCUT2D eigenvalue weighted by atomic mass is 35.5. The molecule has 218 valence electrons. The van der Waals surface area contributed by atoms with Crippen LogP contribution in [-0.2, 0) is 14.3 Å². The van der Waals surface area contributed by atoms with Crippen LogP contribution in [0.2, 0.25) is 5.02 Å². The molecule has 3 aliphatic rings. The van der Waals surface area contributed by atoms with Crippen LogP contribution in [0.3, 0.4) is 0 Å². The number of halogens is 2. The SMILES string of the molecule is CCOC(=O)C1=C(CN2CCN3C(=O)N(C(C)CC(=O)O)CC3C2)NC(c2nccs2)=NC1c1cccc(F)c1Cl. The molecule has 2 aromatic rings. The third-order valence-corrected chi connectivity index (χ3v) is 8.56. The zero-order valence-corrected chi connectivity index (χ0v) is 24.1. The molecule has 1 aromatic carbocycles. The maximum atomic E-state index is 14.5. The summed E-state index contributed by atoms with van der Waals surface area (Å²) < 4.78 is 20.0. The molecule has 3 atom stereocenters. The van der Waals surface area contributed by atoms with Gasteiger partial charge in [0.1, 0.15) is 11.9 Å². The van der Waals surface area contributed by atoms with Gasteiger partial charge in [-0.2, -0.15) is 0 Å². The smallest absolute Gasteiger partial charge is 0.338 e. The van der Waals surface area contributed by atoms with Gasteiger partial charge >= 0.3 is 18.0 Å². The standard InChI is InChI=1S/C27H30ClFN6O5S/c1-3-40-26(38)21-19(14-33-8-9-34-16(12-33)13-35(27(34)39)15(2)11-20(36)37)31-24(25-30-7-10-41-25)32-23(21)17-5-4-6-18(29)22(17)28/h4-7,10,15-16,23H,3,8-9,11-14H2,1-2H3,(H,31,32)(H,36,37). The summed E-state index contributed by atoms with van der Waals surface area (Å²) in [6, 6.07) is 2.74. The molecule has 0 aliphatic carbocycles. The Labute approximate surface area is 245 Å². The number of hydrogen-bond acceptors (Lipinski definition) is 9. The van der Waals surface area contributed by atoms with Crippen LogP contribution in [0.4, 0.5) is 9.18 Å². The number of carbonyl (C=O) groups is 3. The van der Waals surface area contributed by atoms with Crippen molar-refractivity contribution >= 4 is 46.7 Å². The fourth-order valence-electron chi connectivity index (χ4n) is 5.47. The van der Waals surface area contributed by atoms with Crippen LogP contribution in [0.15, 0.2) is 46.0 Å². The molecule has 5 rings (SSSR count). The van der Waals surface area contributed by atoms with Crippen molar-refractivity contribution in [1.82, 2.24) is 25.0 Å². The van der Waals surface area contributed by atoms with Crippen molar-refractivity contribution in [2.75, 3.05) is 39.3 Å². The number of carboxylic acids is 1. The molecule has 2 amide bonds. The number of aliphatic carboxylic acids is 1. The first-order chi connectivity index (χ1) is 19.7. The number of nitrogens with one attached hydrogen (secondary N) is 1. The first kappa shape index (κ1) is 29.0. The highest BCUT2D eigenvalue weighted by molar-refractivity contribution is 7.11. The van der Waals surface area contributed by atoms with Gasteiger partial charge in [0.25, 0.3) is 0 Å². The van der Waals surface area contributed by atoms with Crippen molar-refractivity contribution in [3.05, 3.63) is 62.5 Å². The van der Waals surface area contributed by atoms with Gasteiger partial charge in [0, 0.05) is 61.6 Å². The Balaban J connectivity index is 1.46. The number of rotatable bonds is 9. The lowest BCUT2D eigenvalue weighted by atomic mass is 9.95. The number of benzene rings is 1. The molecule has 11 nitrogen and oxygen atoms in total. The fraction of sp³-hybridized carbons (Fsp3) is 0.444. The van der Waals surface area contributed by atoms with Gasteiger partial charge in [0.15, 0.2) is 10.8 Å². The lowest BCUT2D eigenvalue weighted by Crippen LogP contribution is -2.53. The molecule has 2 N–H and O–H groups in total. The third-order valence-electron chi connectivity index (χ3n) is 7.38. The first-order valence-electron chi connectivity index (χ1n) is 13.3. The van der Waals surface area contributed by atoms with E-state index in [9.17, 15) is 23.9 Å². The number of nitrogens with zero attached hydrogens (tertiary/aromatic N) is 5. The Morgan fingerprint density at radius 2 is 2.12 bits per heavy atom. The average molecular weight is 605 g/mol. The predicted molar refractivity (Wildman–Crippen MR) is 150 cm³/mol. The molecule has 4 heterocycles. The fourth-order valence-corrected chi connectivity index (χ4v) is 6.29. The molecular formula is C27H30ClFN6O5S. The van der Waals surface area contributed by atoms with Gasteiger partial charge in [0.05, 0.1) is 29.7 Å². The van der Waals surface area contributed by atoms with Gasteiger partial charge in [-0.3, -0.25) is 14.7 Å². The maximum absolute atomic E-state index is 14.5. The van der Waals surface area contributed by atoms with Gasteiger partial charge in [-0.1, -0.05) is 23.7 Å². The van der Waals surface area contributed by atoms with Gasteiger partial charge in [-0.05, 0) is 19.9 Å². The van der Waals surface area contributed by atoms with Gasteiger partial charge in [0.2, 0.25) is 0 Å². The Morgan fingerprint density at radius 3 is 2.83 bits per heavy atom. The molecule has 0 bridgehead atoms. The van der Waals surface area contributed by atoms with Gasteiger partial charge in [-0.25, -0.2) is 19.0 Å². The number of fused-ring (bicyclic) bond motifs is 1. The molecule has 2 fully saturated rings. The van der Waals surface area contributed by atoms with E-state index in [1.54, 1.807) is 41.3 Å². The Kier molecular flexibility index (Phi) is 8.57. The summed E-state index contributed by atoms with van der Waals surface area (Å²) in [5.74, 6) is -1.74. The highest BCUT2D eigenvalue weighted by Crippen LogP contribution is 2.37. The number of thiazole rings is 1. The van der Waals surface area contributed by atoms with E-state index in [0.29, 0.717) is 54.8 Å². The minimum atomic E-state index is -0.954. The normalized spacial score (nSPS) is 21.9. The number of urea groups is 1.